The summed E-state index contributed by atoms with van der Waals surface area (Å²) < 4.78 is 13.9. The van der Waals surface area contributed by atoms with E-state index in [2.05, 4.69) is 17.1 Å². The van der Waals surface area contributed by atoms with Crippen LogP contribution in [0.5, 0.6) is 0 Å². The second kappa shape index (κ2) is 6.85. The van der Waals surface area contributed by atoms with E-state index in [9.17, 15) is 14.5 Å². The SMILES string of the molecule is CCN1CCCC(C(C)Nc2c(F)cccc2[N+](=O)[O-])C1. The molecular formula is C15H22FN3O2. The molecule has 1 heterocycles. The van der Waals surface area contributed by atoms with Gasteiger partial charge in [-0.3, -0.25) is 10.1 Å². The van der Waals surface area contributed by atoms with Gasteiger partial charge in [0.15, 0.2) is 5.82 Å². The Bertz CT molecular complexity index is 510. The van der Waals surface area contributed by atoms with Crippen LogP contribution in [-0.2, 0) is 0 Å². The molecule has 0 aromatic heterocycles. The van der Waals surface area contributed by atoms with Gasteiger partial charge in [0, 0.05) is 18.7 Å². The third kappa shape index (κ3) is 3.69. The van der Waals surface area contributed by atoms with E-state index in [1.165, 1.54) is 18.2 Å². The van der Waals surface area contributed by atoms with E-state index in [0.717, 1.165) is 32.5 Å². The summed E-state index contributed by atoms with van der Waals surface area (Å²) in [4.78, 5) is 12.8. The number of likely N-dealkylation sites (tertiary alicyclic amines) is 1. The fourth-order valence-electron chi connectivity index (χ4n) is 2.94. The zero-order chi connectivity index (χ0) is 15.4. The van der Waals surface area contributed by atoms with Gasteiger partial charge in [-0.2, -0.15) is 0 Å². The average Bonchev–Trinajstić information content (AvgIpc) is 2.49. The number of rotatable bonds is 5. The number of para-hydroxylation sites is 1. The first kappa shape index (κ1) is 15.7. The Morgan fingerprint density at radius 1 is 1.57 bits per heavy atom. The lowest BCUT2D eigenvalue weighted by Crippen LogP contribution is -2.41. The Balaban J connectivity index is 2.12. The Kier molecular flexibility index (Phi) is 5.12. The molecule has 1 fully saturated rings. The zero-order valence-corrected chi connectivity index (χ0v) is 12.5. The second-order valence-electron chi connectivity index (χ2n) is 5.62. The highest BCUT2D eigenvalue weighted by Crippen LogP contribution is 2.30. The first-order chi connectivity index (χ1) is 10.0. The fraction of sp³-hybridized carbons (Fsp3) is 0.600. The molecule has 2 unspecified atom stereocenters. The molecule has 5 nitrogen and oxygen atoms in total. The Morgan fingerprint density at radius 2 is 2.33 bits per heavy atom. The molecule has 6 heteroatoms. The second-order valence-corrected chi connectivity index (χ2v) is 5.62. The lowest BCUT2D eigenvalue weighted by atomic mass is 9.91. The van der Waals surface area contributed by atoms with E-state index in [1.54, 1.807) is 0 Å². The molecule has 116 valence electrons. The summed E-state index contributed by atoms with van der Waals surface area (Å²) in [5.41, 5.74) is -0.200. The van der Waals surface area contributed by atoms with Gasteiger partial charge in [0.05, 0.1) is 4.92 Å². The fourth-order valence-corrected chi connectivity index (χ4v) is 2.94. The molecule has 21 heavy (non-hydrogen) atoms. The van der Waals surface area contributed by atoms with Gasteiger partial charge >= 0.3 is 0 Å². The van der Waals surface area contributed by atoms with Gasteiger partial charge in [-0.25, -0.2) is 4.39 Å². The van der Waals surface area contributed by atoms with Crippen molar-refractivity contribution in [3.8, 4) is 0 Å². The van der Waals surface area contributed by atoms with Gasteiger partial charge in [0.2, 0.25) is 0 Å². The van der Waals surface area contributed by atoms with Crippen LogP contribution in [0.4, 0.5) is 15.8 Å². The van der Waals surface area contributed by atoms with Gasteiger partial charge in [0.25, 0.3) is 5.69 Å². The quantitative estimate of drug-likeness (QED) is 0.669. The molecule has 1 saturated heterocycles. The Hall–Kier alpha value is -1.69. The highest BCUT2D eigenvalue weighted by atomic mass is 19.1. The molecule has 0 aliphatic carbocycles. The van der Waals surface area contributed by atoms with Crippen LogP contribution in [0.2, 0.25) is 0 Å². The van der Waals surface area contributed by atoms with Gasteiger partial charge in [-0.05, 0) is 44.8 Å². The van der Waals surface area contributed by atoms with Crippen LogP contribution >= 0.6 is 0 Å². The van der Waals surface area contributed by atoms with Crippen molar-refractivity contribution in [3.63, 3.8) is 0 Å². The van der Waals surface area contributed by atoms with Crippen LogP contribution in [0.25, 0.3) is 0 Å². The first-order valence-corrected chi connectivity index (χ1v) is 7.44. The molecule has 2 rings (SSSR count). The molecular weight excluding hydrogens is 273 g/mol. The summed E-state index contributed by atoms with van der Waals surface area (Å²) in [5, 5.41) is 14.1. The van der Waals surface area contributed by atoms with E-state index in [-0.39, 0.29) is 17.4 Å². The molecule has 0 bridgehead atoms. The summed E-state index contributed by atoms with van der Waals surface area (Å²) in [6, 6.07) is 3.94. The smallest absolute Gasteiger partial charge is 0.295 e. The summed E-state index contributed by atoms with van der Waals surface area (Å²) in [6.45, 7) is 7.15. The maximum absolute atomic E-state index is 13.9. The number of nitrogens with one attached hydrogen (secondary N) is 1. The van der Waals surface area contributed by atoms with E-state index >= 15 is 0 Å². The summed E-state index contributed by atoms with van der Waals surface area (Å²) in [5.74, 6) is -0.197. The normalized spacial score (nSPS) is 21.0. The Labute approximate surface area is 124 Å². The number of anilines is 1. The van der Waals surface area contributed by atoms with E-state index in [1.807, 2.05) is 6.92 Å². The minimum Gasteiger partial charge on any atom is -0.374 e. The predicted molar refractivity (Wildman–Crippen MR) is 81.0 cm³/mol. The molecule has 2 atom stereocenters. The maximum Gasteiger partial charge on any atom is 0.295 e. The minimum absolute atomic E-state index is 0.00335. The number of benzene rings is 1. The molecule has 0 amide bonds. The van der Waals surface area contributed by atoms with Crippen LogP contribution in [0, 0.1) is 21.8 Å². The Morgan fingerprint density at radius 3 is 3.00 bits per heavy atom. The van der Waals surface area contributed by atoms with Crippen LogP contribution in [0.1, 0.15) is 26.7 Å². The largest absolute Gasteiger partial charge is 0.374 e. The van der Waals surface area contributed by atoms with Crippen LogP contribution in [0.15, 0.2) is 18.2 Å². The first-order valence-electron chi connectivity index (χ1n) is 7.44. The number of piperidine rings is 1. The van der Waals surface area contributed by atoms with Gasteiger partial charge < -0.3 is 10.2 Å². The third-order valence-electron chi connectivity index (χ3n) is 4.26. The highest BCUT2D eigenvalue weighted by molar-refractivity contribution is 5.62. The topological polar surface area (TPSA) is 58.4 Å². The van der Waals surface area contributed by atoms with Crippen molar-refractivity contribution in [2.24, 2.45) is 5.92 Å². The molecule has 1 aromatic carbocycles. The number of halogens is 1. The highest BCUT2D eigenvalue weighted by Gasteiger charge is 2.26. The van der Waals surface area contributed by atoms with Crippen molar-refractivity contribution in [1.82, 2.24) is 4.90 Å². The van der Waals surface area contributed by atoms with Crippen molar-refractivity contribution in [2.75, 3.05) is 25.0 Å². The molecule has 1 aliphatic rings. The van der Waals surface area contributed by atoms with Gasteiger partial charge in [0.1, 0.15) is 5.69 Å². The van der Waals surface area contributed by atoms with Gasteiger partial charge in [-0.15, -0.1) is 0 Å². The van der Waals surface area contributed by atoms with Crippen molar-refractivity contribution < 1.29 is 9.31 Å². The van der Waals surface area contributed by atoms with Crippen LogP contribution in [-0.4, -0.2) is 35.5 Å². The monoisotopic (exact) mass is 295 g/mol. The number of nitrogens with zero attached hydrogens (tertiary/aromatic N) is 2. The van der Waals surface area contributed by atoms with Crippen molar-refractivity contribution in [1.29, 1.82) is 0 Å². The summed E-state index contributed by atoms with van der Waals surface area (Å²) in [6.07, 6.45) is 2.18. The van der Waals surface area contributed by atoms with E-state index < -0.39 is 10.7 Å². The third-order valence-corrected chi connectivity index (χ3v) is 4.26. The minimum atomic E-state index is -0.570. The number of nitro benzene ring substituents is 1. The molecule has 0 radical (unpaired) electrons. The molecule has 1 N–H and O–H groups in total. The van der Waals surface area contributed by atoms with Crippen molar-refractivity contribution in [2.45, 2.75) is 32.7 Å². The predicted octanol–water partition coefficient (Wildman–Crippen LogP) is 3.27. The van der Waals surface area contributed by atoms with Crippen LogP contribution in [0.3, 0.4) is 0 Å². The summed E-state index contributed by atoms with van der Waals surface area (Å²) in [7, 11) is 0. The van der Waals surface area contributed by atoms with E-state index in [4.69, 9.17) is 0 Å². The van der Waals surface area contributed by atoms with Crippen LogP contribution < -0.4 is 5.32 Å². The van der Waals surface area contributed by atoms with Gasteiger partial charge in [-0.1, -0.05) is 13.0 Å². The number of nitro groups is 1. The molecule has 0 saturated carbocycles. The average molecular weight is 295 g/mol. The standard InChI is InChI=1S/C15H22FN3O2/c1-3-18-9-5-6-12(10-18)11(2)17-15-13(16)7-4-8-14(15)19(20)21/h4,7-8,11-12,17H,3,5-6,9-10H2,1-2H3. The van der Waals surface area contributed by atoms with Crippen molar-refractivity contribution in [3.05, 3.63) is 34.1 Å². The van der Waals surface area contributed by atoms with E-state index in [0.29, 0.717) is 5.92 Å². The lowest BCUT2D eigenvalue weighted by Gasteiger charge is -2.35. The summed E-state index contributed by atoms with van der Waals surface area (Å²) >= 11 is 0. The van der Waals surface area contributed by atoms with Crippen molar-refractivity contribution >= 4 is 11.4 Å². The number of hydrogen-bond donors (Lipinski definition) is 1. The maximum atomic E-state index is 13.9. The molecule has 0 spiro atoms. The number of hydrogen-bond acceptors (Lipinski definition) is 4. The lowest BCUT2D eigenvalue weighted by molar-refractivity contribution is -0.384. The molecule has 1 aromatic rings. The zero-order valence-electron chi connectivity index (χ0n) is 12.5. The molecule has 1 aliphatic heterocycles.